The zero-order valence-electron chi connectivity index (χ0n) is 9.28. The lowest BCUT2D eigenvalue weighted by Gasteiger charge is -2.05. The van der Waals surface area contributed by atoms with E-state index in [9.17, 15) is 9.59 Å². The molecule has 17 heavy (non-hydrogen) atoms. The van der Waals surface area contributed by atoms with Crippen LogP contribution >= 0.6 is 0 Å². The first-order valence-electron chi connectivity index (χ1n) is 5.09. The Bertz CT molecular complexity index is 459. The third kappa shape index (κ3) is 2.47. The van der Waals surface area contributed by atoms with Crippen molar-refractivity contribution in [1.29, 1.82) is 0 Å². The molecule has 2 rings (SSSR count). The van der Waals surface area contributed by atoms with E-state index in [1.54, 1.807) is 18.2 Å². The van der Waals surface area contributed by atoms with Crippen LogP contribution in [-0.4, -0.2) is 25.7 Å². The largest absolute Gasteiger partial charge is 0.454 e. The molecular formula is C11H12N2O4. The minimum atomic E-state index is -0.662. The summed E-state index contributed by atoms with van der Waals surface area (Å²) in [6.07, 6.45) is 0. The summed E-state index contributed by atoms with van der Waals surface area (Å²) in [5.41, 5.74) is 0.839. The first-order chi connectivity index (χ1) is 8.20. The summed E-state index contributed by atoms with van der Waals surface area (Å²) in [6, 6.07) is 5.34. The Morgan fingerprint density at radius 3 is 2.76 bits per heavy atom. The summed E-state index contributed by atoms with van der Waals surface area (Å²) in [4.78, 5) is 22.2. The number of rotatable bonds is 2. The zero-order chi connectivity index (χ0) is 12.3. The maximum Gasteiger partial charge on any atom is 0.309 e. The van der Waals surface area contributed by atoms with E-state index in [-0.39, 0.29) is 13.3 Å². The number of carbonyl (C=O) groups excluding carboxylic acids is 2. The normalized spacial score (nSPS) is 12.1. The van der Waals surface area contributed by atoms with Gasteiger partial charge in [0.15, 0.2) is 11.5 Å². The number of hydrogen-bond acceptors (Lipinski definition) is 4. The molecule has 1 aromatic carbocycles. The van der Waals surface area contributed by atoms with Gasteiger partial charge in [-0.25, -0.2) is 0 Å². The molecule has 2 amide bonds. The predicted octanol–water partition coefficient (Wildman–Crippen LogP) is -0.223. The average molecular weight is 236 g/mol. The second kappa shape index (κ2) is 4.73. The smallest absolute Gasteiger partial charge is 0.309 e. The molecule has 2 N–H and O–H groups in total. The average Bonchev–Trinajstić information content (AvgIpc) is 2.82. The van der Waals surface area contributed by atoms with Gasteiger partial charge < -0.3 is 20.1 Å². The van der Waals surface area contributed by atoms with Crippen LogP contribution in [0.25, 0.3) is 0 Å². The van der Waals surface area contributed by atoms with Gasteiger partial charge in [0.05, 0.1) is 0 Å². The molecule has 0 saturated carbocycles. The first kappa shape index (κ1) is 11.3. The molecule has 0 fully saturated rings. The third-order valence-electron chi connectivity index (χ3n) is 2.32. The zero-order valence-corrected chi connectivity index (χ0v) is 9.28. The number of fused-ring (bicyclic) bond motifs is 1. The Balaban J connectivity index is 1.96. The molecule has 1 aliphatic rings. The van der Waals surface area contributed by atoms with Crippen LogP contribution in [0.15, 0.2) is 18.2 Å². The second-order valence-electron chi connectivity index (χ2n) is 3.45. The Morgan fingerprint density at radius 2 is 2.00 bits per heavy atom. The number of hydrogen-bond donors (Lipinski definition) is 2. The number of ether oxygens (including phenoxy) is 2. The van der Waals surface area contributed by atoms with E-state index in [4.69, 9.17) is 9.47 Å². The van der Waals surface area contributed by atoms with E-state index in [1.807, 2.05) is 0 Å². The summed E-state index contributed by atoms with van der Waals surface area (Å²) in [5.74, 6) is 0.0129. The van der Waals surface area contributed by atoms with Crippen LogP contribution in [-0.2, 0) is 16.1 Å². The molecule has 6 nitrogen and oxygen atoms in total. The lowest BCUT2D eigenvalue weighted by molar-refractivity contribution is -0.139. The Kier molecular flexibility index (Phi) is 3.13. The van der Waals surface area contributed by atoms with E-state index in [0.717, 1.165) is 5.56 Å². The van der Waals surface area contributed by atoms with Crippen molar-refractivity contribution in [2.24, 2.45) is 0 Å². The van der Waals surface area contributed by atoms with Crippen LogP contribution in [0.5, 0.6) is 11.5 Å². The van der Waals surface area contributed by atoms with Gasteiger partial charge in [0.2, 0.25) is 6.79 Å². The fraction of sp³-hybridized carbons (Fsp3) is 0.273. The van der Waals surface area contributed by atoms with E-state index >= 15 is 0 Å². The molecule has 90 valence electrons. The third-order valence-corrected chi connectivity index (χ3v) is 2.32. The number of amides is 2. The highest BCUT2D eigenvalue weighted by Gasteiger charge is 2.14. The van der Waals surface area contributed by atoms with E-state index in [1.165, 1.54) is 7.05 Å². The maximum absolute atomic E-state index is 11.2. The molecule has 1 aromatic rings. The van der Waals surface area contributed by atoms with Gasteiger partial charge in [-0.1, -0.05) is 6.07 Å². The minimum absolute atomic E-state index is 0.212. The van der Waals surface area contributed by atoms with Gasteiger partial charge in [-0.05, 0) is 17.7 Å². The topological polar surface area (TPSA) is 76.7 Å². The molecule has 0 bridgehead atoms. The van der Waals surface area contributed by atoms with Crippen molar-refractivity contribution >= 4 is 11.8 Å². The highest BCUT2D eigenvalue weighted by atomic mass is 16.7. The fourth-order valence-corrected chi connectivity index (χ4v) is 1.43. The van der Waals surface area contributed by atoms with Gasteiger partial charge in [-0.2, -0.15) is 0 Å². The van der Waals surface area contributed by atoms with Crippen LogP contribution in [0, 0.1) is 0 Å². The van der Waals surface area contributed by atoms with Gasteiger partial charge in [0, 0.05) is 13.6 Å². The molecule has 6 heteroatoms. The van der Waals surface area contributed by atoms with Crippen LogP contribution < -0.4 is 20.1 Å². The first-order valence-corrected chi connectivity index (χ1v) is 5.09. The predicted molar refractivity (Wildman–Crippen MR) is 58.5 cm³/mol. The number of benzene rings is 1. The van der Waals surface area contributed by atoms with Crippen LogP contribution in [0.3, 0.4) is 0 Å². The SMILES string of the molecule is CNC(=O)C(=O)NCc1ccc2c(c1)OCO2. The lowest BCUT2D eigenvalue weighted by atomic mass is 10.2. The Morgan fingerprint density at radius 1 is 1.24 bits per heavy atom. The van der Waals surface area contributed by atoms with Gasteiger partial charge in [0.1, 0.15) is 0 Å². The Hall–Kier alpha value is -2.24. The van der Waals surface area contributed by atoms with Crippen molar-refractivity contribution in [3.05, 3.63) is 23.8 Å². The summed E-state index contributed by atoms with van der Waals surface area (Å²) in [5, 5.41) is 4.74. The van der Waals surface area contributed by atoms with Crippen molar-refractivity contribution in [3.63, 3.8) is 0 Å². The number of likely N-dealkylation sites (N-methyl/N-ethyl adjacent to an activating group) is 1. The summed E-state index contributed by atoms with van der Waals surface area (Å²) >= 11 is 0. The van der Waals surface area contributed by atoms with E-state index in [0.29, 0.717) is 11.5 Å². The fourth-order valence-electron chi connectivity index (χ4n) is 1.43. The molecule has 0 aliphatic carbocycles. The highest BCUT2D eigenvalue weighted by molar-refractivity contribution is 6.34. The van der Waals surface area contributed by atoms with Gasteiger partial charge >= 0.3 is 11.8 Å². The molecule has 1 heterocycles. The van der Waals surface area contributed by atoms with E-state index < -0.39 is 11.8 Å². The summed E-state index contributed by atoms with van der Waals surface area (Å²) < 4.78 is 10.4. The highest BCUT2D eigenvalue weighted by Crippen LogP contribution is 2.32. The van der Waals surface area contributed by atoms with Crippen LogP contribution in [0.4, 0.5) is 0 Å². The van der Waals surface area contributed by atoms with Gasteiger partial charge in [0.25, 0.3) is 0 Å². The molecule has 0 radical (unpaired) electrons. The maximum atomic E-state index is 11.2. The van der Waals surface area contributed by atoms with Crippen molar-refractivity contribution < 1.29 is 19.1 Å². The lowest BCUT2D eigenvalue weighted by Crippen LogP contribution is -2.37. The number of nitrogens with one attached hydrogen (secondary N) is 2. The van der Waals surface area contributed by atoms with Crippen LogP contribution in [0.1, 0.15) is 5.56 Å². The minimum Gasteiger partial charge on any atom is -0.454 e. The van der Waals surface area contributed by atoms with Crippen molar-refractivity contribution in [1.82, 2.24) is 10.6 Å². The molecular weight excluding hydrogens is 224 g/mol. The quantitative estimate of drug-likeness (QED) is 0.696. The van der Waals surface area contributed by atoms with Crippen molar-refractivity contribution in [3.8, 4) is 11.5 Å². The molecule has 1 aliphatic heterocycles. The summed E-state index contributed by atoms with van der Waals surface area (Å²) in [6.45, 7) is 0.478. The monoisotopic (exact) mass is 236 g/mol. The molecule has 0 aromatic heterocycles. The summed E-state index contributed by atoms with van der Waals surface area (Å²) in [7, 11) is 1.41. The Labute approximate surface area is 97.9 Å². The molecule has 0 atom stereocenters. The van der Waals surface area contributed by atoms with Crippen molar-refractivity contribution in [2.75, 3.05) is 13.8 Å². The van der Waals surface area contributed by atoms with Crippen LogP contribution in [0.2, 0.25) is 0 Å². The second-order valence-corrected chi connectivity index (χ2v) is 3.45. The number of carbonyl (C=O) groups is 2. The molecule has 0 unspecified atom stereocenters. The van der Waals surface area contributed by atoms with Gasteiger partial charge in [-0.3, -0.25) is 9.59 Å². The van der Waals surface area contributed by atoms with E-state index in [2.05, 4.69) is 10.6 Å². The standard InChI is InChI=1S/C11H12N2O4/c1-12-10(14)11(15)13-5-7-2-3-8-9(4-7)17-6-16-8/h2-4H,5-6H2,1H3,(H,12,14)(H,13,15). The molecule has 0 saturated heterocycles. The van der Waals surface area contributed by atoms with Crippen molar-refractivity contribution in [2.45, 2.75) is 6.54 Å². The van der Waals surface area contributed by atoms with Gasteiger partial charge in [-0.15, -0.1) is 0 Å². The molecule has 0 spiro atoms.